The Kier molecular flexibility index (Phi) is 4.78. The second-order valence-electron chi connectivity index (χ2n) is 9.01. The number of nitrogens with zero attached hydrogens (tertiary/aromatic N) is 5. The highest BCUT2D eigenvalue weighted by atomic mass is 16.2. The van der Waals surface area contributed by atoms with Crippen molar-refractivity contribution in [2.75, 3.05) is 10.6 Å². The summed E-state index contributed by atoms with van der Waals surface area (Å²) in [5.41, 5.74) is 5.10. The van der Waals surface area contributed by atoms with Crippen molar-refractivity contribution in [2.45, 2.75) is 44.6 Å². The maximum atomic E-state index is 12.7. The number of anilines is 2. The first-order valence-corrected chi connectivity index (χ1v) is 11.4. The Bertz CT molecular complexity index is 1340. The molecule has 166 valence electrons. The largest absolute Gasteiger partial charge is 0.379 e. The molecule has 2 N–H and O–H groups in total. The highest BCUT2D eigenvalue weighted by molar-refractivity contribution is 5.94. The number of carbonyl (C=O) groups is 1. The number of carbonyl (C=O) groups excluding carboxylic acids is 1. The molecule has 1 amide bonds. The molecular formula is C25H25N7O. The van der Waals surface area contributed by atoms with E-state index in [0.717, 1.165) is 40.9 Å². The van der Waals surface area contributed by atoms with E-state index < -0.39 is 0 Å². The van der Waals surface area contributed by atoms with Crippen molar-refractivity contribution in [3.8, 4) is 0 Å². The van der Waals surface area contributed by atoms with E-state index in [9.17, 15) is 4.79 Å². The number of nitrogens with one attached hydrogen (secondary N) is 2. The zero-order valence-electron chi connectivity index (χ0n) is 18.4. The molecule has 8 heteroatoms. The summed E-state index contributed by atoms with van der Waals surface area (Å²) in [7, 11) is 0. The van der Waals surface area contributed by atoms with E-state index in [1.807, 2.05) is 25.1 Å². The van der Waals surface area contributed by atoms with Gasteiger partial charge in [0.1, 0.15) is 17.3 Å². The third-order valence-corrected chi connectivity index (χ3v) is 6.33. The Labute approximate surface area is 191 Å². The predicted molar refractivity (Wildman–Crippen MR) is 125 cm³/mol. The van der Waals surface area contributed by atoms with Crippen molar-refractivity contribution < 1.29 is 4.79 Å². The summed E-state index contributed by atoms with van der Waals surface area (Å²) in [5.74, 6) is 1.94. The number of imidazole rings is 1. The molecule has 0 aromatic carbocycles. The fraction of sp³-hybridized carbons (Fsp3) is 0.320. The topological polar surface area (TPSA) is 97.1 Å². The Hall–Kier alpha value is -3.81. The zero-order chi connectivity index (χ0) is 22.4. The Balaban J connectivity index is 1.08. The van der Waals surface area contributed by atoms with Gasteiger partial charge in [-0.15, -0.1) is 0 Å². The first-order chi connectivity index (χ1) is 16.1. The van der Waals surface area contributed by atoms with Gasteiger partial charge in [-0.3, -0.25) is 4.79 Å². The van der Waals surface area contributed by atoms with Crippen LogP contribution in [-0.4, -0.2) is 30.2 Å². The van der Waals surface area contributed by atoms with E-state index >= 15 is 0 Å². The second-order valence-corrected chi connectivity index (χ2v) is 9.01. The molecule has 8 nitrogen and oxygen atoms in total. The Morgan fingerprint density at radius 3 is 2.82 bits per heavy atom. The lowest BCUT2D eigenvalue weighted by atomic mass is 10.2. The number of hydrogen-bond acceptors (Lipinski definition) is 6. The van der Waals surface area contributed by atoms with E-state index in [1.165, 1.54) is 18.4 Å². The van der Waals surface area contributed by atoms with Crippen LogP contribution < -0.4 is 10.6 Å². The average Bonchev–Trinajstić information content (AvgIpc) is 3.74. The molecule has 0 spiro atoms. The van der Waals surface area contributed by atoms with Crippen LogP contribution in [0.2, 0.25) is 0 Å². The van der Waals surface area contributed by atoms with Crippen molar-refractivity contribution in [1.82, 2.24) is 24.3 Å². The van der Waals surface area contributed by atoms with Crippen LogP contribution in [0.15, 0.2) is 55.1 Å². The van der Waals surface area contributed by atoms with Crippen molar-refractivity contribution in [3.05, 3.63) is 77.9 Å². The lowest BCUT2D eigenvalue weighted by Crippen LogP contribution is -2.16. The van der Waals surface area contributed by atoms with Crippen molar-refractivity contribution in [2.24, 2.45) is 5.92 Å². The number of rotatable bonds is 7. The van der Waals surface area contributed by atoms with E-state index in [2.05, 4.69) is 54.5 Å². The van der Waals surface area contributed by atoms with Gasteiger partial charge in [0, 0.05) is 54.1 Å². The van der Waals surface area contributed by atoms with Gasteiger partial charge in [-0.05, 0) is 55.9 Å². The lowest BCUT2D eigenvalue weighted by Gasteiger charge is -2.08. The molecule has 2 unspecified atom stereocenters. The van der Waals surface area contributed by atoms with Crippen LogP contribution in [0.25, 0.3) is 5.65 Å². The van der Waals surface area contributed by atoms with Gasteiger partial charge in [-0.2, -0.15) is 0 Å². The number of aryl methyl sites for hydroxylation is 1. The number of hydrogen-bond donors (Lipinski definition) is 2. The van der Waals surface area contributed by atoms with E-state index in [0.29, 0.717) is 12.4 Å². The van der Waals surface area contributed by atoms with Gasteiger partial charge in [0.2, 0.25) is 5.91 Å². The SMILES string of the molecule is Cc1ccnc(C2CC2C(=O)Nc2cc(NCc3cn4cc(C5CC5)ccc4n3)ccn2)n1. The number of aromatic nitrogens is 5. The minimum Gasteiger partial charge on any atom is -0.379 e. The summed E-state index contributed by atoms with van der Waals surface area (Å²) >= 11 is 0. The van der Waals surface area contributed by atoms with Crippen LogP contribution in [0, 0.1) is 12.8 Å². The summed E-state index contributed by atoms with van der Waals surface area (Å²) in [6.07, 6.45) is 11.0. The highest BCUT2D eigenvalue weighted by Gasteiger charge is 2.46. The van der Waals surface area contributed by atoms with Crippen LogP contribution in [0.5, 0.6) is 0 Å². The first-order valence-electron chi connectivity index (χ1n) is 11.4. The fourth-order valence-corrected chi connectivity index (χ4v) is 4.24. The Morgan fingerprint density at radius 1 is 1.09 bits per heavy atom. The highest BCUT2D eigenvalue weighted by Crippen LogP contribution is 2.46. The first kappa shape index (κ1) is 19.8. The molecule has 2 atom stereocenters. The van der Waals surface area contributed by atoms with Gasteiger partial charge in [-0.25, -0.2) is 19.9 Å². The molecule has 4 aromatic rings. The molecule has 0 radical (unpaired) electrons. The maximum Gasteiger partial charge on any atom is 0.229 e. The number of fused-ring (bicyclic) bond motifs is 1. The number of pyridine rings is 2. The summed E-state index contributed by atoms with van der Waals surface area (Å²) in [5, 5.41) is 6.32. The molecule has 33 heavy (non-hydrogen) atoms. The van der Waals surface area contributed by atoms with Crippen molar-refractivity contribution in [3.63, 3.8) is 0 Å². The van der Waals surface area contributed by atoms with Crippen LogP contribution >= 0.6 is 0 Å². The van der Waals surface area contributed by atoms with Crippen LogP contribution in [0.3, 0.4) is 0 Å². The molecule has 2 aliphatic carbocycles. The molecule has 0 aliphatic heterocycles. The quantitative estimate of drug-likeness (QED) is 0.451. The molecule has 0 bridgehead atoms. The van der Waals surface area contributed by atoms with Gasteiger partial charge >= 0.3 is 0 Å². The molecule has 4 aromatic heterocycles. The summed E-state index contributed by atoms with van der Waals surface area (Å²) < 4.78 is 2.10. The van der Waals surface area contributed by atoms with Crippen LogP contribution in [0.4, 0.5) is 11.5 Å². The lowest BCUT2D eigenvalue weighted by molar-refractivity contribution is -0.117. The molecule has 6 rings (SSSR count). The van der Waals surface area contributed by atoms with Gasteiger partial charge in [-0.1, -0.05) is 6.07 Å². The van der Waals surface area contributed by atoms with Gasteiger partial charge in [0.05, 0.1) is 12.2 Å². The third-order valence-electron chi connectivity index (χ3n) is 6.33. The smallest absolute Gasteiger partial charge is 0.229 e. The fourth-order valence-electron chi connectivity index (χ4n) is 4.24. The van der Waals surface area contributed by atoms with Crippen molar-refractivity contribution >= 4 is 23.1 Å². The maximum absolute atomic E-state index is 12.7. The van der Waals surface area contributed by atoms with Crippen molar-refractivity contribution in [1.29, 1.82) is 0 Å². The van der Waals surface area contributed by atoms with E-state index in [4.69, 9.17) is 4.98 Å². The summed E-state index contributed by atoms with van der Waals surface area (Å²) in [6, 6.07) is 9.87. The molecular weight excluding hydrogens is 414 g/mol. The second kappa shape index (κ2) is 7.95. The van der Waals surface area contributed by atoms with E-state index in [-0.39, 0.29) is 17.7 Å². The zero-order valence-corrected chi connectivity index (χ0v) is 18.4. The average molecular weight is 440 g/mol. The van der Waals surface area contributed by atoms with Gasteiger partial charge < -0.3 is 15.0 Å². The minimum absolute atomic E-state index is 0.0402. The minimum atomic E-state index is -0.108. The molecule has 2 saturated carbocycles. The molecule has 0 saturated heterocycles. The standard InChI is InChI=1S/C25H25N7O/c1-15-6-8-27-24(29-15)20-11-21(20)25(33)31-22-10-18(7-9-26-22)28-12-19-14-32-13-17(16-2-3-16)4-5-23(32)30-19/h4-10,13-14,16,20-21H,2-3,11-12H2,1H3,(H2,26,28,31,33). The summed E-state index contributed by atoms with van der Waals surface area (Å²) in [6.45, 7) is 2.52. The molecule has 2 fully saturated rings. The normalized spacial score (nSPS) is 19.4. The number of amides is 1. The van der Waals surface area contributed by atoms with Gasteiger partial charge in [0.15, 0.2) is 0 Å². The van der Waals surface area contributed by atoms with Gasteiger partial charge in [0.25, 0.3) is 0 Å². The van der Waals surface area contributed by atoms with E-state index in [1.54, 1.807) is 12.4 Å². The third kappa shape index (κ3) is 4.28. The predicted octanol–water partition coefficient (Wildman–Crippen LogP) is 4.06. The summed E-state index contributed by atoms with van der Waals surface area (Å²) in [4.78, 5) is 30.4. The molecule has 2 aliphatic rings. The van der Waals surface area contributed by atoms with Crippen LogP contribution in [-0.2, 0) is 11.3 Å². The monoisotopic (exact) mass is 439 g/mol. The Morgan fingerprint density at radius 2 is 1.97 bits per heavy atom. The van der Waals surface area contributed by atoms with Crippen LogP contribution in [0.1, 0.15) is 53.9 Å². The molecule has 4 heterocycles.